The third kappa shape index (κ3) is 4.98. The lowest BCUT2D eigenvalue weighted by atomic mass is 10.1. The highest BCUT2D eigenvalue weighted by Crippen LogP contribution is 2.34. The predicted octanol–water partition coefficient (Wildman–Crippen LogP) is 4.89. The van der Waals surface area contributed by atoms with Crippen molar-refractivity contribution in [2.75, 3.05) is 29.8 Å². The van der Waals surface area contributed by atoms with Gasteiger partial charge in [0.25, 0.3) is 10.0 Å². The van der Waals surface area contributed by atoms with Gasteiger partial charge in [-0.05, 0) is 74.9 Å². The molecule has 2 N–H and O–H groups in total. The average molecular weight is 482 g/mol. The zero-order chi connectivity index (χ0) is 24.5. The van der Waals surface area contributed by atoms with Gasteiger partial charge in [0.05, 0.1) is 17.7 Å². The molecule has 0 saturated carbocycles. The Hall–Kier alpha value is -3.23. The van der Waals surface area contributed by atoms with Crippen molar-refractivity contribution in [2.45, 2.75) is 37.8 Å². The summed E-state index contributed by atoms with van der Waals surface area (Å²) in [5.74, 6) is 1.90. The van der Waals surface area contributed by atoms with Gasteiger partial charge in [0.1, 0.15) is 17.3 Å². The molecule has 4 rings (SSSR count). The molecule has 1 saturated heterocycles. The van der Waals surface area contributed by atoms with Gasteiger partial charge in [-0.25, -0.2) is 8.42 Å². The Labute approximate surface area is 201 Å². The first-order valence-electron chi connectivity index (χ1n) is 11.3. The molecule has 1 aliphatic rings. The zero-order valence-electron chi connectivity index (χ0n) is 20.0. The molecule has 3 aromatic rings. The van der Waals surface area contributed by atoms with Crippen LogP contribution in [0.5, 0.6) is 5.75 Å². The minimum absolute atomic E-state index is 0.131. The van der Waals surface area contributed by atoms with Crippen molar-refractivity contribution in [3.63, 3.8) is 0 Å². The molecule has 8 heteroatoms. The van der Waals surface area contributed by atoms with Gasteiger partial charge in [0.2, 0.25) is 0 Å². The van der Waals surface area contributed by atoms with Gasteiger partial charge >= 0.3 is 0 Å². The van der Waals surface area contributed by atoms with E-state index in [2.05, 4.69) is 35.4 Å². The second-order valence-corrected chi connectivity index (χ2v) is 10.4. The Balaban J connectivity index is 1.65. The molecule has 1 aliphatic heterocycles. The van der Waals surface area contributed by atoms with E-state index in [0.29, 0.717) is 34.8 Å². The molecule has 1 fully saturated rings. The van der Waals surface area contributed by atoms with E-state index in [4.69, 9.17) is 9.15 Å². The van der Waals surface area contributed by atoms with Crippen molar-refractivity contribution in [3.05, 3.63) is 66.4 Å². The van der Waals surface area contributed by atoms with E-state index < -0.39 is 10.0 Å². The van der Waals surface area contributed by atoms with Crippen LogP contribution >= 0.6 is 0 Å². The second kappa shape index (κ2) is 9.56. The summed E-state index contributed by atoms with van der Waals surface area (Å²) in [5.41, 5.74) is 2.78. The Kier molecular flexibility index (Phi) is 6.72. The molecule has 1 aromatic heterocycles. The number of ether oxygens (including phenoxy) is 1. The van der Waals surface area contributed by atoms with Crippen LogP contribution in [0.1, 0.15) is 25.2 Å². The van der Waals surface area contributed by atoms with Crippen molar-refractivity contribution in [3.8, 4) is 17.1 Å². The first-order chi connectivity index (χ1) is 16.2. The number of sulfonamides is 1. The number of aryl methyl sites for hydroxylation is 1. The third-order valence-electron chi connectivity index (χ3n) is 5.91. The quantitative estimate of drug-likeness (QED) is 0.500. The van der Waals surface area contributed by atoms with E-state index in [0.717, 1.165) is 30.1 Å². The molecule has 2 atom stereocenters. The number of furan rings is 1. The number of methoxy groups -OCH3 is 1. The second-order valence-electron chi connectivity index (χ2n) is 8.73. The molecule has 180 valence electrons. The van der Waals surface area contributed by atoms with E-state index in [1.54, 1.807) is 30.3 Å². The van der Waals surface area contributed by atoms with Crippen LogP contribution in [0.4, 0.5) is 11.4 Å². The van der Waals surface area contributed by atoms with Crippen molar-refractivity contribution in [2.24, 2.45) is 0 Å². The van der Waals surface area contributed by atoms with Crippen LogP contribution in [0.15, 0.2) is 64.4 Å². The van der Waals surface area contributed by atoms with Crippen LogP contribution < -0.4 is 19.7 Å². The molecule has 2 heterocycles. The summed E-state index contributed by atoms with van der Waals surface area (Å²) in [6.45, 7) is 11.7. The summed E-state index contributed by atoms with van der Waals surface area (Å²) in [4.78, 5) is 2.38. The molecule has 0 bridgehead atoms. The lowest BCUT2D eigenvalue weighted by molar-refractivity contribution is 0.406. The number of benzene rings is 2. The molecular weight excluding hydrogens is 450 g/mol. The minimum Gasteiger partial charge on any atom is -0.495 e. The molecule has 2 aromatic carbocycles. The predicted molar refractivity (Wildman–Crippen MR) is 137 cm³/mol. The summed E-state index contributed by atoms with van der Waals surface area (Å²) in [6.07, 6.45) is 1.63. The standard InChI is InChI=1S/C26H31N3O4S/c1-6-20-13-22(9-10-23(20)25-11-7-19(4)33-25)34(30,31)28-24-14-21(8-12-26(24)32-5)29-15-17(2)27-18(3)16-29/h6-14,17-18,27-28H,1,15-16H2,2-5H3/t17-,18?/m0/s1. The summed E-state index contributed by atoms with van der Waals surface area (Å²) in [5, 5.41) is 3.51. The van der Waals surface area contributed by atoms with Crippen LogP contribution in [0.25, 0.3) is 17.4 Å². The van der Waals surface area contributed by atoms with Crippen LogP contribution in [0.2, 0.25) is 0 Å². The lowest BCUT2D eigenvalue weighted by Crippen LogP contribution is -2.54. The van der Waals surface area contributed by atoms with Gasteiger partial charge in [-0.1, -0.05) is 12.7 Å². The van der Waals surface area contributed by atoms with Crippen LogP contribution in [-0.4, -0.2) is 40.7 Å². The molecule has 0 aliphatic carbocycles. The Morgan fingerprint density at radius 2 is 1.85 bits per heavy atom. The van der Waals surface area contributed by atoms with Crippen molar-refractivity contribution < 1.29 is 17.6 Å². The van der Waals surface area contributed by atoms with Gasteiger partial charge in [0, 0.05) is 36.4 Å². The maximum absolute atomic E-state index is 13.3. The number of hydrogen-bond acceptors (Lipinski definition) is 6. The fourth-order valence-electron chi connectivity index (χ4n) is 4.39. The number of hydrogen-bond donors (Lipinski definition) is 2. The number of anilines is 2. The average Bonchev–Trinajstić information content (AvgIpc) is 3.23. The fourth-order valence-corrected chi connectivity index (χ4v) is 5.49. The molecular formula is C26H31N3O4S. The Morgan fingerprint density at radius 1 is 1.12 bits per heavy atom. The lowest BCUT2D eigenvalue weighted by Gasteiger charge is -2.38. The van der Waals surface area contributed by atoms with Crippen LogP contribution in [-0.2, 0) is 10.0 Å². The highest BCUT2D eigenvalue weighted by molar-refractivity contribution is 7.92. The number of piperazine rings is 1. The zero-order valence-corrected chi connectivity index (χ0v) is 20.8. The molecule has 34 heavy (non-hydrogen) atoms. The molecule has 0 spiro atoms. The Morgan fingerprint density at radius 3 is 2.47 bits per heavy atom. The molecule has 0 amide bonds. The summed E-state index contributed by atoms with van der Waals surface area (Å²) in [6, 6.07) is 14.9. The van der Waals surface area contributed by atoms with Crippen LogP contribution in [0, 0.1) is 6.92 Å². The van der Waals surface area contributed by atoms with E-state index in [1.807, 2.05) is 31.2 Å². The topological polar surface area (TPSA) is 83.8 Å². The normalized spacial score (nSPS) is 18.5. The Bertz CT molecular complexity index is 1290. The number of nitrogens with zero attached hydrogens (tertiary/aromatic N) is 1. The maximum atomic E-state index is 13.3. The van der Waals surface area contributed by atoms with Gasteiger partial charge in [0.15, 0.2) is 0 Å². The van der Waals surface area contributed by atoms with E-state index in [1.165, 1.54) is 7.11 Å². The van der Waals surface area contributed by atoms with Crippen molar-refractivity contribution in [1.82, 2.24) is 5.32 Å². The largest absolute Gasteiger partial charge is 0.495 e. The highest BCUT2D eigenvalue weighted by atomic mass is 32.2. The van der Waals surface area contributed by atoms with E-state index >= 15 is 0 Å². The first kappa shape index (κ1) is 23.9. The van der Waals surface area contributed by atoms with Crippen molar-refractivity contribution in [1.29, 1.82) is 0 Å². The summed E-state index contributed by atoms with van der Waals surface area (Å²) < 4.78 is 40.5. The van der Waals surface area contributed by atoms with Gasteiger partial charge in [-0.3, -0.25) is 4.72 Å². The van der Waals surface area contributed by atoms with Gasteiger partial charge in [-0.15, -0.1) is 0 Å². The molecule has 0 radical (unpaired) electrons. The fraction of sp³-hybridized carbons (Fsp3) is 0.308. The number of rotatable bonds is 7. The van der Waals surface area contributed by atoms with Gasteiger partial charge in [-0.2, -0.15) is 0 Å². The third-order valence-corrected chi connectivity index (χ3v) is 7.27. The smallest absolute Gasteiger partial charge is 0.262 e. The van der Waals surface area contributed by atoms with E-state index in [9.17, 15) is 8.42 Å². The SMILES string of the molecule is C=Cc1cc(S(=O)(=O)Nc2cc(N3CC(C)N[C@@H](C)C3)ccc2OC)ccc1-c1ccc(C)o1. The van der Waals surface area contributed by atoms with Crippen molar-refractivity contribution >= 4 is 27.5 Å². The highest BCUT2D eigenvalue weighted by Gasteiger charge is 2.23. The monoisotopic (exact) mass is 481 g/mol. The summed E-state index contributed by atoms with van der Waals surface area (Å²) in [7, 11) is -2.36. The maximum Gasteiger partial charge on any atom is 0.262 e. The van der Waals surface area contributed by atoms with Crippen LogP contribution in [0.3, 0.4) is 0 Å². The number of nitrogens with one attached hydrogen (secondary N) is 2. The molecule has 7 nitrogen and oxygen atoms in total. The first-order valence-corrected chi connectivity index (χ1v) is 12.7. The summed E-state index contributed by atoms with van der Waals surface area (Å²) >= 11 is 0. The van der Waals surface area contributed by atoms with Gasteiger partial charge < -0.3 is 19.4 Å². The molecule has 1 unspecified atom stereocenters. The van der Waals surface area contributed by atoms with E-state index in [-0.39, 0.29) is 4.90 Å². The minimum atomic E-state index is -3.88.